The van der Waals surface area contributed by atoms with Gasteiger partial charge in [-0.25, -0.2) is 9.78 Å². The number of hydrogen-bond donors (Lipinski definition) is 3. The maximum Gasteiger partial charge on any atom is 0.317 e. The molecule has 7 nitrogen and oxygen atoms in total. The number of aliphatic carboxylic acids is 1. The largest absolute Gasteiger partial charge is 0.481 e. The van der Waals surface area contributed by atoms with Crippen molar-refractivity contribution in [2.75, 3.05) is 19.6 Å². The van der Waals surface area contributed by atoms with Crippen LogP contribution in [-0.4, -0.2) is 51.6 Å². The van der Waals surface area contributed by atoms with Gasteiger partial charge >= 0.3 is 12.0 Å². The number of nitrogens with zero attached hydrogens (tertiary/aromatic N) is 2. The van der Waals surface area contributed by atoms with Crippen molar-refractivity contribution in [3.63, 3.8) is 0 Å². The number of H-pyrrole nitrogens is 1. The Bertz CT molecular complexity index is 781. The molecule has 1 aliphatic heterocycles. The van der Waals surface area contributed by atoms with Crippen molar-refractivity contribution in [1.29, 1.82) is 0 Å². The summed E-state index contributed by atoms with van der Waals surface area (Å²) in [5.74, 6) is -0.844. The van der Waals surface area contributed by atoms with Gasteiger partial charge in [0.2, 0.25) is 0 Å². The number of carbonyl (C=O) groups excluding carboxylic acids is 1. The van der Waals surface area contributed by atoms with Gasteiger partial charge in [0, 0.05) is 49.4 Å². The lowest BCUT2D eigenvalue weighted by atomic mass is 10.00. The molecule has 2 aromatic rings. The number of aromatic amines is 1. The molecule has 0 aromatic carbocycles. The Kier molecular flexibility index (Phi) is 4.79. The van der Waals surface area contributed by atoms with Crippen LogP contribution < -0.4 is 5.32 Å². The lowest BCUT2D eigenvalue weighted by Gasteiger charge is -2.26. The van der Waals surface area contributed by atoms with E-state index in [1.54, 1.807) is 11.1 Å². The fraction of sp³-hybridized carbons (Fsp3) is 0.353. The highest BCUT2D eigenvalue weighted by Crippen LogP contribution is 2.28. The number of carbonyl (C=O) groups is 2. The van der Waals surface area contributed by atoms with E-state index in [1.165, 1.54) is 5.57 Å². The Hall–Kier alpha value is -2.83. The van der Waals surface area contributed by atoms with Gasteiger partial charge in [0.1, 0.15) is 5.65 Å². The number of carboxylic acids is 1. The average molecular weight is 328 g/mol. The average Bonchev–Trinajstić information content (AvgIpc) is 3.02. The molecule has 0 atom stereocenters. The fourth-order valence-electron chi connectivity index (χ4n) is 2.87. The Morgan fingerprint density at radius 3 is 3.04 bits per heavy atom. The molecule has 7 heteroatoms. The van der Waals surface area contributed by atoms with Crippen LogP contribution in [0.4, 0.5) is 4.79 Å². The van der Waals surface area contributed by atoms with E-state index in [9.17, 15) is 9.59 Å². The van der Waals surface area contributed by atoms with Gasteiger partial charge in [-0.05, 0) is 30.5 Å². The number of carboxylic acid groups (broad SMARTS) is 1. The third kappa shape index (κ3) is 3.56. The van der Waals surface area contributed by atoms with Crippen molar-refractivity contribution in [3.8, 4) is 0 Å². The molecule has 2 amide bonds. The zero-order valence-corrected chi connectivity index (χ0v) is 13.3. The lowest BCUT2D eigenvalue weighted by Crippen LogP contribution is -2.42. The summed E-state index contributed by atoms with van der Waals surface area (Å²) in [5, 5.41) is 12.4. The van der Waals surface area contributed by atoms with Gasteiger partial charge in [-0.2, -0.15) is 0 Å². The van der Waals surface area contributed by atoms with E-state index < -0.39 is 5.97 Å². The molecule has 0 aliphatic carbocycles. The summed E-state index contributed by atoms with van der Waals surface area (Å²) in [4.78, 5) is 31.7. The van der Waals surface area contributed by atoms with Gasteiger partial charge in [0.15, 0.2) is 0 Å². The highest BCUT2D eigenvalue weighted by Gasteiger charge is 2.19. The molecular weight excluding hydrogens is 308 g/mol. The second kappa shape index (κ2) is 7.16. The van der Waals surface area contributed by atoms with Crippen LogP contribution in [0.2, 0.25) is 0 Å². The first-order valence-corrected chi connectivity index (χ1v) is 8.01. The number of hydrogen-bond acceptors (Lipinski definition) is 3. The van der Waals surface area contributed by atoms with Crippen LogP contribution in [0.1, 0.15) is 24.8 Å². The van der Waals surface area contributed by atoms with Crippen LogP contribution in [0.25, 0.3) is 16.6 Å². The Morgan fingerprint density at radius 1 is 1.42 bits per heavy atom. The predicted octanol–water partition coefficient (Wildman–Crippen LogP) is 2.23. The summed E-state index contributed by atoms with van der Waals surface area (Å²) >= 11 is 0. The Morgan fingerprint density at radius 2 is 2.29 bits per heavy atom. The summed E-state index contributed by atoms with van der Waals surface area (Å²) in [5.41, 5.74) is 3.22. The van der Waals surface area contributed by atoms with Crippen molar-refractivity contribution in [2.45, 2.75) is 19.3 Å². The predicted molar refractivity (Wildman–Crippen MR) is 90.5 cm³/mol. The normalized spacial score (nSPS) is 14.5. The number of amides is 2. The highest BCUT2D eigenvalue weighted by molar-refractivity contribution is 5.91. The summed E-state index contributed by atoms with van der Waals surface area (Å²) in [6.07, 6.45) is 7.08. The third-order valence-corrected chi connectivity index (χ3v) is 4.14. The molecule has 3 N–H and O–H groups in total. The first kappa shape index (κ1) is 16.0. The van der Waals surface area contributed by atoms with Gasteiger partial charge in [0.05, 0.1) is 0 Å². The van der Waals surface area contributed by atoms with Crippen molar-refractivity contribution in [2.24, 2.45) is 0 Å². The molecule has 3 rings (SSSR count). The van der Waals surface area contributed by atoms with E-state index in [1.807, 2.05) is 18.3 Å². The van der Waals surface area contributed by atoms with E-state index in [-0.39, 0.29) is 12.5 Å². The van der Waals surface area contributed by atoms with E-state index in [0.29, 0.717) is 26.1 Å². The maximum absolute atomic E-state index is 12.1. The Balaban J connectivity index is 1.58. The van der Waals surface area contributed by atoms with Crippen LogP contribution in [0.5, 0.6) is 0 Å². The number of urea groups is 1. The van der Waals surface area contributed by atoms with Crippen LogP contribution in [0.3, 0.4) is 0 Å². The van der Waals surface area contributed by atoms with Gasteiger partial charge in [-0.3, -0.25) is 4.79 Å². The summed E-state index contributed by atoms with van der Waals surface area (Å²) in [7, 11) is 0. The van der Waals surface area contributed by atoms with Crippen molar-refractivity contribution < 1.29 is 14.7 Å². The molecule has 0 radical (unpaired) electrons. The van der Waals surface area contributed by atoms with Crippen molar-refractivity contribution >= 4 is 28.6 Å². The molecule has 0 saturated heterocycles. The molecule has 0 unspecified atom stereocenters. The molecule has 24 heavy (non-hydrogen) atoms. The fourth-order valence-corrected chi connectivity index (χ4v) is 2.87. The molecule has 0 bridgehead atoms. The van der Waals surface area contributed by atoms with Gasteiger partial charge in [-0.1, -0.05) is 6.08 Å². The number of rotatable bonds is 5. The quantitative estimate of drug-likeness (QED) is 0.733. The molecule has 126 valence electrons. The van der Waals surface area contributed by atoms with Crippen molar-refractivity contribution in [1.82, 2.24) is 20.2 Å². The van der Waals surface area contributed by atoms with Crippen molar-refractivity contribution in [3.05, 3.63) is 36.2 Å². The highest BCUT2D eigenvalue weighted by atomic mass is 16.4. The first-order chi connectivity index (χ1) is 11.6. The second-order valence-corrected chi connectivity index (χ2v) is 5.76. The first-order valence-electron chi connectivity index (χ1n) is 8.01. The minimum absolute atomic E-state index is 0.0684. The summed E-state index contributed by atoms with van der Waals surface area (Å²) in [6.45, 7) is 1.57. The summed E-state index contributed by atoms with van der Waals surface area (Å²) in [6, 6.07) is 3.81. The zero-order valence-electron chi connectivity index (χ0n) is 13.3. The molecular formula is C17H20N4O3. The Labute approximate surface area is 139 Å². The minimum atomic E-state index is -0.844. The number of aromatic nitrogens is 2. The number of nitrogens with one attached hydrogen (secondary N) is 2. The van der Waals surface area contributed by atoms with Crippen LogP contribution in [-0.2, 0) is 4.79 Å². The van der Waals surface area contributed by atoms with Gasteiger partial charge in [0.25, 0.3) is 0 Å². The van der Waals surface area contributed by atoms with Crippen LogP contribution in [0, 0.1) is 0 Å². The van der Waals surface area contributed by atoms with Gasteiger partial charge < -0.3 is 20.3 Å². The minimum Gasteiger partial charge on any atom is -0.481 e. The van der Waals surface area contributed by atoms with E-state index in [2.05, 4.69) is 21.4 Å². The molecule has 0 spiro atoms. The third-order valence-electron chi connectivity index (χ3n) is 4.14. The number of fused-ring (bicyclic) bond motifs is 1. The SMILES string of the molecule is O=C(O)CCCNC(=O)N1CC=C(c2c[nH]c3ncccc23)CC1. The molecule has 0 fully saturated rings. The smallest absolute Gasteiger partial charge is 0.317 e. The van der Waals surface area contributed by atoms with Crippen LogP contribution >= 0.6 is 0 Å². The second-order valence-electron chi connectivity index (χ2n) is 5.76. The molecule has 1 aliphatic rings. The van der Waals surface area contributed by atoms with E-state index >= 15 is 0 Å². The van der Waals surface area contributed by atoms with E-state index in [0.717, 1.165) is 23.0 Å². The molecule has 3 heterocycles. The lowest BCUT2D eigenvalue weighted by molar-refractivity contribution is -0.137. The standard InChI is InChI=1S/C17H20N4O3/c22-15(23)4-2-8-19-17(24)21-9-5-12(6-10-21)14-11-20-16-13(14)3-1-7-18-16/h1,3,5,7,11H,2,4,6,8-10H2,(H,18,20)(H,19,24)(H,22,23). The zero-order chi connectivity index (χ0) is 16.9. The van der Waals surface area contributed by atoms with E-state index in [4.69, 9.17) is 5.11 Å². The topological polar surface area (TPSA) is 98.3 Å². The van der Waals surface area contributed by atoms with Gasteiger partial charge in [-0.15, -0.1) is 0 Å². The maximum atomic E-state index is 12.1. The summed E-state index contributed by atoms with van der Waals surface area (Å²) < 4.78 is 0. The molecule has 2 aromatic heterocycles. The van der Waals surface area contributed by atoms with Crippen LogP contribution in [0.15, 0.2) is 30.6 Å². The number of pyridine rings is 1. The monoisotopic (exact) mass is 328 g/mol. The molecule has 0 saturated carbocycles.